The fourth-order valence-electron chi connectivity index (χ4n) is 3.08. The molecule has 0 saturated heterocycles. The lowest BCUT2D eigenvalue weighted by atomic mass is 9.85. The number of hydrogen-bond donors (Lipinski definition) is 2. The Morgan fingerprint density at radius 1 is 1.20 bits per heavy atom. The molecule has 25 heavy (non-hydrogen) atoms. The summed E-state index contributed by atoms with van der Waals surface area (Å²) in [6.07, 6.45) is 6.83. The number of nitrogens with zero attached hydrogens (tertiary/aromatic N) is 3. The minimum Gasteiger partial charge on any atom is -0.440 e. The van der Waals surface area contributed by atoms with Crippen molar-refractivity contribution in [2.24, 2.45) is 0 Å². The van der Waals surface area contributed by atoms with E-state index in [0.717, 1.165) is 33.5 Å². The van der Waals surface area contributed by atoms with Gasteiger partial charge in [0.15, 0.2) is 11.5 Å². The average Bonchev–Trinajstić information content (AvgIpc) is 3.15. The van der Waals surface area contributed by atoms with Crippen LogP contribution in [0.15, 0.2) is 35.1 Å². The van der Waals surface area contributed by atoms with Gasteiger partial charge in [-0.15, -0.1) is 0 Å². The number of nitrogens with two attached hydrogens (primary N) is 1. The second-order valence-electron chi connectivity index (χ2n) is 6.30. The minimum absolute atomic E-state index is 0.424. The van der Waals surface area contributed by atoms with Gasteiger partial charge in [-0.2, -0.15) is 0 Å². The van der Waals surface area contributed by atoms with Gasteiger partial charge in [0.1, 0.15) is 23.3 Å². The molecule has 0 amide bonds. The van der Waals surface area contributed by atoms with Crippen molar-refractivity contribution in [2.45, 2.75) is 25.2 Å². The SMILES string of the molecule is Nc1ncnc2[nH]cc(C#Cc3ccc4oc(C5CCC5)nc4c3)c12. The molecule has 1 aromatic carbocycles. The van der Waals surface area contributed by atoms with E-state index < -0.39 is 0 Å². The molecule has 3 aromatic heterocycles. The van der Waals surface area contributed by atoms with E-state index in [0.29, 0.717) is 17.4 Å². The Labute approximate surface area is 143 Å². The maximum absolute atomic E-state index is 5.93. The number of hydrogen-bond acceptors (Lipinski definition) is 5. The predicted molar refractivity (Wildman–Crippen MR) is 94.9 cm³/mol. The van der Waals surface area contributed by atoms with E-state index in [1.165, 1.54) is 25.6 Å². The largest absolute Gasteiger partial charge is 0.440 e. The Balaban J connectivity index is 1.52. The van der Waals surface area contributed by atoms with Gasteiger partial charge < -0.3 is 15.1 Å². The summed E-state index contributed by atoms with van der Waals surface area (Å²) in [5, 5.41) is 0.754. The highest BCUT2D eigenvalue weighted by atomic mass is 16.3. The highest BCUT2D eigenvalue weighted by molar-refractivity contribution is 5.91. The monoisotopic (exact) mass is 329 g/mol. The third-order valence-electron chi connectivity index (χ3n) is 4.70. The number of nitrogen functional groups attached to an aromatic ring is 1. The second-order valence-corrected chi connectivity index (χ2v) is 6.30. The average molecular weight is 329 g/mol. The third-order valence-corrected chi connectivity index (χ3v) is 4.70. The number of aromatic nitrogens is 4. The molecule has 3 N–H and O–H groups in total. The first-order valence-electron chi connectivity index (χ1n) is 8.28. The van der Waals surface area contributed by atoms with Crippen LogP contribution < -0.4 is 5.73 Å². The quantitative estimate of drug-likeness (QED) is 0.522. The maximum Gasteiger partial charge on any atom is 0.198 e. The lowest BCUT2D eigenvalue weighted by Gasteiger charge is -2.21. The zero-order valence-electron chi connectivity index (χ0n) is 13.4. The number of fused-ring (bicyclic) bond motifs is 2. The first-order chi connectivity index (χ1) is 12.3. The van der Waals surface area contributed by atoms with Crippen molar-refractivity contribution < 1.29 is 4.42 Å². The van der Waals surface area contributed by atoms with Crippen molar-refractivity contribution in [3.8, 4) is 11.8 Å². The third kappa shape index (κ3) is 2.32. The van der Waals surface area contributed by atoms with Gasteiger partial charge in [-0.25, -0.2) is 15.0 Å². The fraction of sp³-hybridized carbons (Fsp3) is 0.211. The molecule has 5 rings (SSSR count). The van der Waals surface area contributed by atoms with E-state index in [4.69, 9.17) is 10.2 Å². The number of aromatic amines is 1. The van der Waals surface area contributed by atoms with E-state index >= 15 is 0 Å². The van der Waals surface area contributed by atoms with Gasteiger partial charge in [0, 0.05) is 17.7 Å². The predicted octanol–water partition coefficient (Wildman–Crippen LogP) is 3.35. The molecule has 0 radical (unpaired) electrons. The molecule has 0 bridgehead atoms. The van der Waals surface area contributed by atoms with Gasteiger partial charge in [-0.3, -0.25) is 0 Å². The molecule has 6 heteroatoms. The Morgan fingerprint density at radius 3 is 2.96 bits per heavy atom. The minimum atomic E-state index is 0.424. The molecule has 4 aromatic rings. The first-order valence-corrected chi connectivity index (χ1v) is 8.28. The van der Waals surface area contributed by atoms with Crippen molar-refractivity contribution in [1.29, 1.82) is 0 Å². The standard InChI is InChI=1S/C19H15N5O/c20-17-16-13(9-21-18(16)23-10-22-17)6-4-11-5-7-15-14(8-11)24-19(25-15)12-2-1-3-12/h5,7-10,12H,1-3H2,(H3,20,21,22,23). The number of anilines is 1. The second kappa shape index (κ2) is 5.35. The molecule has 0 spiro atoms. The van der Waals surface area contributed by atoms with Crippen LogP contribution in [0, 0.1) is 11.8 Å². The van der Waals surface area contributed by atoms with Crippen LogP contribution in [0.1, 0.15) is 42.2 Å². The Bertz CT molecular complexity index is 1160. The summed E-state index contributed by atoms with van der Waals surface area (Å²) < 4.78 is 5.85. The zero-order chi connectivity index (χ0) is 16.8. The van der Waals surface area contributed by atoms with Gasteiger partial charge >= 0.3 is 0 Å². The van der Waals surface area contributed by atoms with Gasteiger partial charge in [-0.1, -0.05) is 18.3 Å². The maximum atomic E-state index is 5.93. The lowest BCUT2D eigenvalue weighted by Crippen LogP contribution is -2.08. The Morgan fingerprint density at radius 2 is 2.12 bits per heavy atom. The first kappa shape index (κ1) is 14.1. The van der Waals surface area contributed by atoms with Crippen molar-refractivity contribution in [3.63, 3.8) is 0 Å². The molecule has 1 aliphatic rings. The summed E-state index contributed by atoms with van der Waals surface area (Å²) in [5.41, 5.74) is 9.96. The van der Waals surface area contributed by atoms with Crippen LogP contribution in [-0.2, 0) is 0 Å². The number of oxazole rings is 1. The van der Waals surface area contributed by atoms with Crippen molar-refractivity contribution in [3.05, 3.63) is 47.7 Å². The molecule has 1 fully saturated rings. The summed E-state index contributed by atoms with van der Waals surface area (Å²) >= 11 is 0. The van der Waals surface area contributed by atoms with Crippen LogP contribution in [0.3, 0.4) is 0 Å². The van der Waals surface area contributed by atoms with Gasteiger partial charge in [0.2, 0.25) is 0 Å². The highest BCUT2D eigenvalue weighted by Crippen LogP contribution is 2.37. The molecule has 0 aliphatic heterocycles. The van der Waals surface area contributed by atoms with Gasteiger partial charge in [-0.05, 0) is 31.0 Å². The Hall–Kier alpha value is -3.33. The van der Waals surface area contributed by atoms with E-state index in [9.17, 15) is 0 Å². The molecule has 1 saturated carbocycles. The van der Waals surface area contributed by atoms with Crippen LogP contribution in [0.5, 0.6) is 0 Å². The summed E-state index contributed by atoms with van der Waals surface area (Å²) in [6, 6.07) is 5.84. The van der Waals surface area contributed by atoms with Gasteiger partial charge in [0.05, 0.1) is 10.9 Å². The summed E-state index contributed by atoms with van der Waals surface area (Å²) in [7, 11) is 0. The zero-order valence-corrected chi connectivity index (χ0v) is 13.4. The van der Waals surface area contributed by atoms with E-state index in [2.05, 4.69) is 31.8 Å². The molecule has 122 valence electrons. The van der Waals surface area contributed by atoms with Gasteiger partial charge in [0.25, 0.3) is 0 Å². The normalized spacial score (nSPS) is 14.4. The van der Waals surface area contributed by atoms with Crippen LogP contribution in [0.2, 0.25) is 0 Å². The number of H-pyrrole nitrogens is 1. The summed E-state index contributed by atoms with van der Waals surface area (Å²) in [4.78, 5) is 15.9. The van der Waals surface area contributed by atoms with E-state index in [-0.39, 0.29) is 0 Å². The number of nitrogens with one attached hydrogen (secondary N) is 1. The topological polar surface area (TPSA) is 93.6 Å². The molecule has 0 atom stereocenters. The molecule has 1 aliphatic carbocycles. The number of benzene rings is 1. The van der Waals surface area contributed by atoms with Crippen molar-refractivity contribution >= 4 is 28.0 Å². The van der Waals surface area contributed by atoms with E-state index in [1.54, 1.807) is 6.20 Å². The Kier molecular flexibility index (Phi) is 3.01. The smallest absolute Gasteiger partial charge is 0.198 e. The number of rotatable bonds is 1. The summed E-state index contributed by atoms with van der Waals surface area (Å²) in [6.45, 7) is 0. The van der Waals surface area contributed by atoms with E-state index in [1.807, 2.05) is 18.2 Å². The molecular weight excluding hydrogens is 314 g/mol. The summed E-state index contributed by atoms with van der Waals surface area (Å²) in [5.74, 6) is 8.06. The van der Waals surface area contributed by atoms with Crippen molar-refractivity contribution in [1.82, 2.24) is 19.9 Å². The van der Waals surface area contributed by atoms with Crippen LogP contribution >= 0.6 is 0 Å². The van der Waals surface area contributed by atoms with Crippen LogP contribution in [0.4, 0.5) is 5.82 Å². The molecule has 0 unspecified atom stereocenters. The molecule has 3 heterocycles. The fourth-order valence-corrected chi connectivity index (χ4v) is 3.08. The van der Waals surface area contributed by atoms with Crippen LogP contribution in [-0.4, -0.2) is 19.9 Å². The van der Waals surface area contributed by atoms with Crippen LogP contribution in [0.25, 0.3) is 22.1 Å². The molecule has 6 nitrogen and oxygen atoms in total. The molecular formula is C19H15N5O. The highest BCUT2D eigenvalue weighted by Gasteiger charge is 2.24. The van der Waals surface area contributed by atoms with Crippen molar-refractivity contribution in [2.75, 3.05) is 5.73 Å². The lowest BCUT2D eigenvalue weighted by molar-refractivity contribution is 0.344.